The van der Waals surface area contributed by atoms with Crippen molar-refractivity contribution in [2.24, 2.45) is 11.3 Å². The number of alkyl halides is 3. The fourth-order valence-corrected chi connectivity index (χ4v) is 4.79. The molecule has 41 heavy (non-hydrogen) atoms. The molecule has 1 unspecified atom stereocenters. The zero-order chi connectivity index (χ0) is 29.5. The van der Waals surface area contributed by atoms with E-state index in [-0.39, 0.29) is 35.7 Å². The lowest BCUT2D eigenvalue weighted by Gasteiger charge is -2.18. The first-order valence-electron chi connectivity index (χ1n) is 13.3. The van der Waals surface area contributed by atoms with E-state index in [2.05, 4.69) is 10.8 Å². The summed E-state index contributed by atoms with van der Waals surface area (Å²) in [5.41, 5.74) is 2.55. The number of hydrogen-bond donors (Lipinski definition) is 2. The van der Waals surface area contributed by atoms with Crippen LogP contribution in [0.15, 0.2) is 78.9 Å². The summed E-state index contributed by atoms with van der Waals surface area (Å²) in [7, 11) is 0. The SMILES string of the molecule is O=C(O)CC1(CCC(C=Cc2ccccc2OCc2ccc(OC(F)(F)F)cc2)Cc2ccc(C(=O)O)cc2)CC1. The third-order valence-electron chi connectivity index (χ3n) is 7.25. The zero-order valence-corrected chi connectivity index (χ0v) is 22.3. The van der Waals surface area contributed by atoms with Crippen molar-refractivity contribution < 1.29 is 42.4 Å². The van der Waals surface area contributed by atoms with Crippen molar-refractivity contribution >= 4 is 18.0 Å². The van der Waals surface area contributed by atoms with Gasteiger partial charge < -0.3 is 19.7 Å². The van der Waals surface area contributed by atoms with Crippen molar-refractivity contribution in [3.8, 4) is 11.5 Å². The largest absolute Gasteiger partial charge is 0.573 e. The highest BCUT2D eigenvalue weighted by Gasteiger charge is 2.43. The third-order valence-corrected chi connectivity index (χ3v) is 7.25. The molecule has 2 N–H and O–H groups in total. The molecule has 1 aliphatic rings. The van der Waals surface area contributed by atoms with Crippen LogP contribution < -0.4 is 9.47 Å². The molecule has 0 amide bonds. The van der Waals surface area contributed by atoms with Gasteiger partial charge in [0.05, 0.1) is 12.0 Å². The molecule has 1 aliphatic carbocycles. The van der Waals surface area contributed by atoms with Gasteiger partial charge >= 0.3 is 18.3 Å². The van der Waals surface area contributed by atoms with Gasteiger partial charge in [0.25, 0.3) is 0 Å². The van der Waals surface area contributed by atoms with Crippen molar-refractivity contribution in [2.75, 3.05) is 0 Å². The van der Waals surface area contributed by atoms with Crippen LogP contribution in [0.1, 0.15) is 59.2 Å². The van der Waals surface area contributed by atoms with Crippen molar-refractivity contribution in [3.63, 3.8) is 0 Å². The van der Waals surface area contributed by atoms with Gasteiger partial charge in [0.2, 0.25) is 0 Å². The number of aliphatic carboxylic acids is 1. The number of ether oxygens (including phenoxy) is 2. The Morgan fingerprint density at radius 1 is 0.927 bits per heavy atom. The van der Waals surface area contributed by atoms with Crippen molar-refractivity contribution in [2.45, 2.75) is 51.5 Å². The first kappa shape index (κ1) is 29.7. The van der Waals surface area contributed by atoms with Crippen molar-refractivity contribution in [1.82, 2.24) is 0 Å². The average Bonchev–Trinajstić information content (AvgIpc) is 3.68. The number of rotatable bonds is 14. The van der Waals surface area contributed by atoms with Crippen LogP contribution in [0.25, 0.3) is 6.08 Å². The van der Waals surface area contributed by atoms with Gasteiger partial charge in [-0.05, 0) is 84.9 Å². The van der Waals surface area contributed by atoms with Crippen molar-refractivity contribution in [3.05, 3.63) is 101 Å². The Morgan fingerprint density at radius 2 is 1.59 bits per heavy atom. The van der Waals surface area contributed by atoms with Crippen LogP contribution in [0.3, 0.4) is 0 Å². The quantitative estimate of drug-likeness (QED) is 0.206. The Hall–Kier alpha value is -4.27. The lowest BCUT2D eigenvalue weighted by Crippen LogP contribution is -2.17. The smallest absolute Gasteiger partial charge is 0.488 e. The van der Waals surface area contributed by atoms with Crippen LogP contribution >= 0.6 is 0 Å². The van der Waals surface area contributed by atoms with Gasteiger partial charge in [0, 0.05) is 5.56 Å². The van der Waals surface area contributed by atoms with Gasteiger partial charge in [-0.15, -0.1) is 13.2 Å². The van der Waals surface area contributed by atoms with Gasteiger partial charge in [-0.25, -0.2) is 4.79 Å². The molecule has 0 saturated heterocycles. The Morgan fingerprint density at radius 3 is 2.20 bits per heavy atom. The van der Waals surface area contributed by atoms with E-state index in [9.17, 15) is 33.0 Å². The summed E-state index contributed by atoms with van der Waals surface area (Å²) in [5, 5.41) is 18.5. The number of benzene rings is 3. The van der Waals surface area contributed by atoms with E-state index in [1.165, 1.54) is 24.3 Å². The fraction of sp³-hybridized carbons (Fsp3) is 0.312. The van der Waals surface area contributed by atoms with Crippen LogP contribution in [0.2, 0.25) is 0 Å². The molecule has 6 nitrogen and oxygen atoms in total. The Kier molecular flexibility index (Phi) is 9.37. The molecule has 1 fully saturated rings. The van der Waals surface area contributed by atoms with E-state index in [4.69, 9.17) is 4.74 Å². The molecular formula is C32H31F3O6. The summed E-state index contributed by atoms with van der Waals surface area (Å²) < 4.78 is 47.1. The highest BCUT2D eigenvalue weighted by atomic mass is 19.4. The number of carboxylic acid groups (broad SMARTS) is 2. The minimum Gasteiger partial charge on any atom is -0.488 e. The Labute approximate surface area is 236 Å². The van der Waals surface area contributed by atoms with Gasteiger partial charge in [0.15, 0.2) is 0 Å². The number of carbonyl (C=O) groups is 2. The molecule has 9 heteroatoms. The highest BCUT2D eigenvalue weighted by Crippen LogP contribution is 2.53. The molecule has 1 saturated carbocycles. The Bertz CT molecular complexity index is 1360. The molecule has 3 aromatic rings. The van der Waals surface area contributed by atoms with Crippen LogP contribution in [-0.2, 0) is 17.8 Å². The van der Waals surface area contributed by atoms with Gasteiger partial charge in [-0.2, -0.15) is 0 Å². The molecule has 0 aliphatic heterocycles. The summed E-state index contributed by atoms with van der Waals surface area (Å²) >= 11 is 0. The second-order valence-corrected chi connectivity index (χ2v) is 10.5. The number of para-hydroxylation sites is 1. The van der Waals surface area contributed by atoms with E-state index < -0.39 is 18.3 Å². The summed E-state index contributed by atoms with van der Waals surface area (Å²) in [6.45, 7) is 0.147. The van der Waals surface area contributed by atoms with E-state index in [1.807, 2.05) is 30.3 Å². The molecule has 3 aromatic carbocycles. The van der Waals surface area contributed by atoms with E-state index in [0.717, 1.165) is 36.8 Å². The molecule has 0 aromatic heterocycles. The normalized spacial score (nSPS) is 14.9. The van der Waals surface area contributed by atoms with E-state index in [0.29, 0.717) is 17.7 Å². The summed E-state index contributed by atoms with van der Waals surface area (Å²) in [6.07, 6.45) is 3.49. The Balaban J connectivity index is 1.45. The maximum Gasteiger partial charge on any atom is 0.573 e. The van der Waals surface area contributed by atoms with Crippen molar-refractivity contribution in [1.29, 1.82) is 0 Å². The predicted molar refractivity (Wildman–Crippen MR) is 147 cm³/mol. The van der Waals surface area contributed by atoms with Crippen LogP contribution in [0.4, 0.5) is 13.2 Å². The second-order valence-electron chi connectivity index (χ2n) is 10.5. The number of carboxylic acids is 2. The maximum atomic E-state index is 12.4. The summed E-state index contributed by atoms with van der Waals surface area (Å²) in [4.78, 5) is 22.6. The minimum atomic E-state index is -4.75. The molecule has 0 bridgehead atoms. The number of hydrogen-bond acceptors (Lipinski definition) is 4. The van der Waals surface area contributed by atoms with Gasteiger partial charge in [-0.3, -0.25) is 4.79 Å². The standard InChI is InChI=1S/C32H31F3O6/c33-32(34,35)41-27-13-8-24(9-14-27)21-40-28-4-2-1-3-25(28)10-5-23(15-16-31(17-18-31)20-29(36)37)19-22-6-11-26(12-7-22)30(38)39/h1-14,23H,15-21H2,(H,36,37)(H,38,39). The molecule has 0 spiro atoms. The lowest BCUT2D eigenvalue weighted by atomic mass is 9.87. The van der Waals surface area contributed by atoms with Gasteiger partial charge in [0.1, 0.15) is 18.1 Å². The molecule has 0 heterocycles. The zero-order valence-electron chi connectivity index (χ0n) is 22.3. The third kappa shape index (κ3) is 9.41. The number of aromatic carboxylic acids is 1. The molecular weight excluding hydrogens is 537 g/mol. The predicted octanol–water partition coefficient (Wildman–Crippen LogP) is 7.77. The maximum absolute atomic E-state index is 12.4. The van der Waals surface area contributed by atoms with E-state index >= 15 is 0 Å². The molecule has 4 rings (SSSR count). The monoisotopic (exact) mass is 568 g/mol. The summed E-state index contributed by atoms with van der Waals surface area (Å²) in [5.74, 6) is -1.39. The summed E-state index contributed by atoms with van der Waals surface area (Å²) in [6, 6.07) is 19.7. The molecule has 1 atom stereocenters. The average molecular weight is 569 g/mol. The van der Waals surface area contributed by atoms with Crippen LogP contribution in [-0.4, -0.2) is 28.5 Å². The fourth-order valence-electron chi connectivity index (χ4n) is 4.79. The minimum absolute atomic E-state index is 0.0752. The van der Waals surface area contributed by atoms with Crippen LogP contribution in [0.5, 0.6) is 11.5 Å². The lowest BCUT2D eigenvalue weighted by molar-refractivity contribution is -0.274. The molecule has 0 radical (unpaired) electrons. The molecule has 216 valence electrons. The highest BCUT2D eigenvalue weighted by molar-refractivity contribution is 5.87. The van der Waals surface area contributed by atoms with Gasteiger partial charge in [-0.1, -0.05) is 54.6 Å². The van der Waals surface area contributed by atoms with E-state index in [1.54, 1.807) is 24.3 Å². The number of allylic oxidation sites excluding steroid dienone is 1. The first-order valence-corrected chi connectivity index (χ1v) is 13.3. The number of halogens is 3. The first-order chi connectivity index (χ1) is 19.5. The topological polar surface area (TPSA) is 93.1 Å². The second kappa shape index (κ2) is 12.9. The van der Waals surface area contributed by atoms with Crippen LogP contribution in [0, 0.1) is 11.3 Å².